The van der Waals surface area contributed by atoms with Crippen LogP contribution >= 0.6 is 11.8 Å². The summed E-state index contributed by atoms with van der Waals surface area (Å²) in [6, 6.07) is 8.20. The zero-order chi connectivity index (χ0) is 15.6. The molecule has 0 radical (unpaired) electrons. The molecule has 0 N–H and O–H groups in total. The minimum absolute atomic E-state index is 0.193. The van der Waals surface area contributed by atoms with Crippen LogP contribution in [0.5, 0.6) is 0 Å². The lowest BCUT2D eigenvalue weighted by atomic mass is 10.1. The van der Waals surface area contributed by atoms with Crippen LogP contribution in [-0.2, 0) is 4.79 Å². The number of anilines is 1. The van der Waals surface area contributed by atoms with Gasteiger partial charge in [-0.25, -0.2) is 0 Å². The molecule has 1 aromatic carbocycles. The van der Waals surface area contributed by atoms with Crippen molar-refractivity contribution < 1.29 is 4.79 Å². The number of rotatable bonds is 2. The van der Waals surface area contributed by atoms with Crippen molar-refractivity contribution in [1.29, 1.82) is 0 Å². The standard InChI is InChI=1S/C17H20N4OS/c22-17(15-6-3-11-23-15)21-9-7-20(8-10-21)16-14-5-2-1-4-13(14)12-18-19-16/h1-2,4-5,12,15H,3,6-11H2/t15-/m0/s1. The highest BCUT2D eigenvalue weighted by Gasteiger charge is 2.30. The van der Waals surface area contributed by atoms with Crippen LogP contribution < -0.4 is 4.90 Å². The maximum atomic E-state index is 12.5. The molecular formula is C17H20N4OS. The van der Waals surface area contributed by atoms with E-state index in [1.807, 2.05) is 28.8 Å². The van der Waals surface area contributed by atoms with Crippen LogP contribution in [0.15, 0.2) is 30.5 Å². The summed E-state index contributed by atoms with van der Waals surface area (Å²) in [5, 5.41) is 10.9. The lowest BCUT2D eigenvalue weighted by molar-refractivity contribution is -0.130. The van der Waals surface area contributed by atoms with Crippen LogP contribution in [0.2, 0.25) is 0 Å². The van der Waals surface area contributed by atoms with Crippen LogP contribution in [0.1, 0.15) is 12.8 Å². The van der Waals surface area contributed by atoms with Gasteiger partial charge in [-0.05, 0) is 18.6 Å². The molecule has 5 nitrogen and oxygen atoms in total. The molecule has 120 valence electrons. The quantitative estimate of drug-likeness (QED) is 0.846. The molecule has 2 aliphatic heterocycles. The van der Waals surface area contributed by atoms with Gasteiger partial charge in [-0.15, -0.1) is 16.9 Å². The summed E-state index contributed by atoms with van der Waals surface area (Å²) in [6.07, 6.45) is 4.01. The van der Waals surface area contributed by atoms with E-state index in [1.54, 1.807) is 6.20 Å². The van der Waals surface area contributed by atoms with Gasteiger partial charge in [-0.1, -0.05) is 24.3 Å². The van der Waals surface area contributed by atoms with Crippen LogP contribution in [0.4, 0.5) is 5.82 Å². The Hall–Kier alpha value is -1.82. The van der Waals surface area contributed by atoms with E-state index in [0.717, 1.165) is 54.9 Å². The second kappa shape index (κ2) is 6.35. The summed E-state index contributed by atoms with van der Waals surface area (Å²) in [7, 11) is 0. The number of nitrogens with zero attached hydrogens (tertiary/aromatic N) is 4. The molecule has 1 atom stereocenters. The number of benzene rings is 1. The number of hydrogen-bond acceptors (Lipinski definition) is 5. The number of hydrogen-bond donors (Lipinski definition) is 0. The lowest BCUT2D eigenvalue weighted by Crippen LogP contribution is -2.51. The van der Waals surface area contributed by atoms with Crippen LogP contribution in [0.3, 0.4) is 0 Å². The summed E-state index contributed by atoms with van der Waals surface area (Å²) in [5.41, 5.74) is 0. The van der Waals surface area contributed by atoms with Crippen molar-refractivity contribution in [2.75, 3.05) is 36.8 Å². The van der Waals surface area contributed by atoms with Gasteiger partial charge >= 0.3 is 0 Å². The second-order valence-electron chi connectivity index (χ2n) is 6.07. The van der Waals surface area contributed by atoms with Crippen molar-refractivity contribution in [3.8, 4) is 0 Å². The van der Waals surface area contributed by atoms with Gasteiger partial charge in [-0.3, -0.25) is 4.79 Å². The molecule has 1 aromatic heterocycles. The molecular weight excluding hydrogens is 308 g/mol. The summed E-state index contributed by atoms with van der Waals surface area (Å²) in [5.74, 6) is 2.39. The zero-order valence-corrected chi connectivity index (χ0v) is 13.8. The third kappa shape index (κ3) is 2.87. The van der Waals surface area contributed by atoms with Gasteiger partial charge in [0.1, 0.15) is 0 Å². The molecule has 0 aliphatic carbocycles. The van der Waals surface area contributed by atoms with Gasteiger partial charge in [0, 0.05) is 37.0 Å². The summed E-state index contributed by atoms with van der Waals surface area (Å²) in [4.78, 5) is 16.8. The first-order valence-corrected chi connectivity index (χ1v) is 9.23. The molecule has 0 spiro atoms. The molecule has 0 unspecified atom stereocenters. The first-order valence-electron chi connectivity index (χ1n) is 8.19. The van der Waals surface area contributed by atoms with E-state index in [-0.39, 0.29) is 5.25 Å². The maximum Gasteiger partial charge on any atom is 0.235 e. The maximum absolute atomic E-state index is 12.5. The molecule has 2 fully saturated rings. The average Bonchev–Trinajstić information content (AvgIpc) is 3.15. The summed E-state index contributed by atoms with van der Waals surface area (Å²) >= 11 is 1.82. The predicted octanol–water partition coefficient (Wildman–Crippen LogP) is 2.17. The van der Waals surface area contributed by atoms with Crippen molar-refractivity contribution in [2.45, 2.75) is 18.1 Å². The average molecular weight is 328 g/mol. The van der Waals surface area contributed by atoms with Gasteiger partial charge in [0.05, 0.1) is 11.4 Å². The van der Waals surface area contributed by atoms with Gasteiger partial charge in [0.25, 0.3) is 0 Å². The van der Waals surface area contributed by atoms with Gasteiger partial charge in [-0.2, -0.15) is 5.10 Å². The molecule has 0 bridgehead atoms. The Bertz CT molecular complexity index is 703. The minimum Gasteiger partial charge on any atom is -0.351 e. The van der Waals surface area contributed by atoms with Gasteiger partial charge in [0.15, 0.2) is 5.82 Å². The number of carbonyl (C=O) groups excluding carboxylic acids is 1. The Balaban J connectivity index is 1.47. The van der Waals surface area contributed by atoms with Gasteiger partial charge < -0.3 is 9.80 Å². The lowest BCUT2D eigenvalue weighted by Gasteiger charge is -2.36. The van der Waals surface area contributed by atoms with E-state index >= 15 is 0 Å². The highest BCUT2D eigenvalue weighted by Crippen LogP contribution is 2.29. The van der Waals surface area contributed by atoms with Crippen molar-refractivity contribution >= 4 is 34.3 Å². The third-order valence-electron chi connectivity index (χ3n) is 4.65. The van der Waals surface area contributed by atoms with Crippen LogP contribution in [0, 0.1) is 0 Å². The van der Waals surface area contributed by atoms with E-state index in [9.17, 15) is 4.79 Å². The van der Waals surface area contributed by atoms with Crippen LogP contribution in [-0.4, -0.2) is 58.2 Å². The third-order valence-corrected chi connectivity index (χ3v) is 6.01. The second-order valence-corrected chi connectivity index (χ2v) is 7.38. The molecule has 2 aromatic rings. The number of fused-ring (bicyclic) bond motifs is 1. The highest BCUT2D eigenvalue weighted by atomic mass is 32.2. The first-order chi connectivity index (χ1) is 11.3. The van der Waals surface area contributed by atoms with E-state index in [4.69, 9.17) is 0 Å². The molecule has 0 saturated carbocycles. The Morgan fingerprint density at radius 3 is 2.78 bits per heavy atom. The predicted molar refractivity (Wildman–Crippen MR) is 93.8 cm³/mol. The molecule has 4 rings (SSSR count). The molecule has 6 heteroatoms. The number of thioether (sulfide) groups is 1. The molecule has 2 saturated heterocycles. The molecule has 2 aliphatic rings. The van der Waals surface area contributed by atoms with E-state index in [1.165, 1.54) is 6.42 Å². The number of aromatic nitrogens is 2. The largest absolute Gasteiger partial charge is 0.351 e. The van der Waals surface area contributed by atoms with E-state index in [2.05, 4.69) is 27.2 Å². The first kappa shape index (κ1) is 14.8. The SMILES string of the molecule is O=C([C@@H]1CCCS1)N1CCN(c2nncc3ccccc23)CC1. The topological polar surface area (TPSA) is 49.3 Å². The zero-order valence-electron chi connectivity index (χ0n) is 13.0. The fourth-order valence-corrected chi connectivity index (χ4v) is 4.60. The Labute approximate surface area is 140 Å². The van der Waals surface area contributed by atoms with Crippen molar-refractivity contribution in [1.82, 2.24) is 15.1 Å². The Morgan fingerprint density at radius 1 is 1.17 bits per heavy atom. The highest BCUT2D eigenvalue weighted by molar-refractivity contribution is 8.00. The fourth-order valence-electron chi connectivity index (χ4n) is 3.36. The van der Waals surface area contributed by atoms with Crippen LogP contribution in [0.25, 0.3) is 10.8 Å². The molecule has 3 heterocycles. The van der Waals surface area contributed by atoms with Gasteiger partial charge in [0.2, 0.25) is 5.91 Å². The monoisotopic (exact) mass is 328 g/mol. The minimum atomic E-state index is 0.193. The Kier molecular flexibility index (Phi) is 4.08. The number of carbonyl (C=O) groups is 1. The van der Waals surface area contributed by atoms with E-state index < -0.39 is 0 Å². The van der Waals surface area contributed by atoms with Crippen molar-refractivity contribution in [2.24, 2.45) is 0 Å². The Morgan fingerprint density at radius 2 is 2.00 bits per heavy atom. The smallest absolute Gasteiger partial charge is 0.235 e. The van der Waals surface area contributed by atoms with Crippen molar-refractivity contribution in [3.63, 3.8) is 0 Å². The summed E-state index contributed by atoms with van der Waals surface area (Å²) < 4.78 is 0. The number of piperazine rings is 1. The summed E-state index contributed by atoms with van der Waals surface area (Å²) in [6.45, 7) is 3.21. The van der Waals surface area contributed by atoms with Crippen molar-refractivity contribution in [3.05, 3.63) is 30.5 Å². The number of amides is 1. The fraction of sp³-hybridized carbons (Fsp3) is 0.471. The molecule has 23 heavy (non-hydrogen) atoms. The normalized spacial score (nSPS) is 21.8. The molecule has 1 amide bonds. The van der Waals surface area contributed by atoms with E-state index in [0.29, 0.717) is 5.91 Å².